The first-order valence-corrected chi connectivity index (χ1v) is 5.97. The number of Topliss-reactive ketones (excluding diaryl/α,β-unsaturated/α-hetero) is 2. The molecule has 4 heteroatoms. The maximum atomic E-state index is 12.1. The van der Waals surface area contributed by atoms with Crippen molar-refractivity contribution in [3.8, 4) is 5.75 Å². The van der Waals surface area contributed by atoms with E-state index < -0.39 is 11.6 Å². The Kier molecular flexibility index (Phi) is 2.35. The van der Waals surface area contributed by atoms with E-state index in [1.807, 2.05) is 6.92 Å². The molecular weight excluding hydrogens is 244 g/mol. The standard InChI is InChI=1S/C15H12O4/c1-7(2)11-6-9-13(17)14(18)12-8(15(9)19-11)4-3-5-10(12)16/h3-5,11,16H,1,6H2,2H3/t11-/m0/s1. The quantitative estimate of drug-likeness (QED) is 0.618. The molecule has 0 bridgehead atoms. The SMILES string of the molecule is C=C(C)[C@@H]1CC2=C(O1)c1cccc(O)c1C(=O)C2=O. The maximum Gasteiger partial charge on any atom is 0.237 e. The molecule has 19 heavy (non-hydrogen) atoms. The van der Waals surface area contributed by atoms with Crippen molar-refractivity contribution in [3.05, 3.63) is 47.1 Å². The molecule has 0 amide bonds. The van der Waals surface area contributed by atoms with Crippen LogP contribution in [0.2, 0.25) is 0 Å². The van der Waals surface area contributed by atoms with Crippen molar-refractivity contribution >= 4 is 17.3 Å². The van der Waals surface area contributed by atoms with Gasteiger partial charge in [0.25, 0.3) is 0 Å². The third-order valence-electron chi connectivity index (χ3n) is 3.47. The molecule has 0 saturated heterocycles. The van der Waals surface area contributed by atoms with E-state index in [1.165, 1.54) is 6.07 Å². The highest BCUT2D eigenvalue weighted by Gasteiger charge is 2.41. The van der Waals surface area contributed by atoms with E-state index in [4.69, 9.17) is 4.74 Å². The second kappa shape index (κ2) is 3.82. The Morgan fingerprint density at radius 2 is 2.11 bits per heavy atom. The predicted octanol–water partition coefficient (Wildman–Crippen LogP) is 2.23. The van der Waals surface area contributed by atoms with Crippen LogP contribution >= 0.6 is 0 Å². The first-order valence-electron chi connectivity index (χ1n) is 5.97. The third-order valence-corrected chi connectivity index (χ3v) is 3.47. The van der Waals surface area contributed by atoms with Crippen LogP contribution in [0.3, 0.4) is 0 Å². The number of aromatic hydroxyl groups is 1. The molecule has 3 rings (SSSR count). The second-order valence-electron chi connectivity index (χ2n) is 4.82. The summed E-state index contributed by atoms with van der Waals surface area (Å²) in [6.45, 7) is 5.63. The lowest BCUT2D eigenvalue weighted by Gasteiger charge is -2.17. The second-order valence-corrected chi connectivity index (χ2v) is 4.82. The van der Waals surface area contributed by atoms with E-state index in [1.54, 1.807) is 12.1 Å². The molecule has 96 valence electrons. The maximum absolute atomic E-state index is 12.1. The van der Waals surface area contributed by atoms with Crippen LogP contribution in [-0.2, 0) is 9.53 Å². The first-order chi connectivity index (χ1) is 9.00. The summed E-state index contributed by atoms with van der Waals surface area (Å²) in [4.78, 5) is 24.1. The number of ketones is 2. The van der Waals surface area contributed by atoms with Crippen molar-refractivity contribution in [3.63, 3.8) is 0 Å². The van der Waals surface area contributed by atoms with Gasteiger partial charge >= 0.3 is 0 Å². The number of fused-ring (bicyclic) bond motifs is 2. The summed E-state index contributed by atoms with van der Waals surface area (Å²) in [5, 5.41) is 9.77. The lowest BCUT2D eigenvalue weighted by atomic mass is 9.87. The van der Waals surface area contributed by atoms with Gasteiger partial charge in [-0.25, -0.2) is 0 Å². The van der Waals surface area contributed by atoms with Crippen molar-refractivity contribution in [1.82, 2.24) is 0 Å². The largest absolute Gasteiger partial charge is 0.507 e. The zero-order chi connectivity index (χ0) is 13.7. The highest BCUT2D eigenvalue weighted by molar-refractivity contribution is 6.52. The number of benzene rings is 1. The smallest absolute Gasteiger partial charge is 0.237 e. The van der Waals surface area contributed by atoms with E-state index in [0.717, 1.165) is 5.57 Å². The van der Waals surface area contributed by atoms with E-state index >= 15 is 0 Å². The number of ether oxygens (including phenoxy) is 1. The molecule has 0 radical (unpaired) electrons. The highest BCUT2D eigenvalue weighted by atomic mass is 16.5. The number of hydrogen-bond acceptors (Lipinski definition) is 4. The number of phenolic OH excluding ortho intramolecular Hbond substituents is 1. The van der Waals surface area contributed by atoms with Crippen LogP contribution in [0.4, 0.5) is 0 Å². The molecular formula is C15H12O4. The van der Waals surface area contributed by atoms with Gasteiger partial charge in [-0.3, -0.25) is 9.59 Å². The van der Waals surface area contributed by atoms with Crippen molar-refractivity contribution in [2.24, 2.45) is 0 Å². The third kappa shape index (κ3) is 1.53. The minimum absolute atomic E-state index is 0.0358. The zero-order valence-corrected chi connectivity index (χ0v) is 10.4. The molecule has 1 aliphatic heterocycles. The van der Waals surface area contributed by atoms with E-state index in [9.17, 15) is 14.7 Å². The van der Waals surface area contributed by atoms with Gasteiger partial charge in [0.1, 0.15) is 17.6 Å². The van der Waals surface area contributed by atoms with Gasteiger partial charge < -0.3 is 9.84 Å². The summed E-state index contributed by atoms with van der Waals surface area (Å²) >= 11 is 0. The molecule has 0 fully saturated rings. The Balaban J connectivity index is 2.19. The van der Waals surface area contributed by atoms with Gasteiger partial charge in [-0.05, 0) is 18.6 Å². The van der Waals surface area contributed by atoms with Crippen molar-refractivity contribution < 1.29 is 19.4 Å². The van der Waals surface area contributed by atoms with Gasteiger partial charge in [-0.1, -0.05) is 18.7 Å². The van der Waals surface area contributed by atoms with Crippen LogP contribution in [0, 0.1) is 0 Å². The average molecular weight is 256 g/mol. The normalized spacial score (nSPS) is 21.0. The molecule has 0 spiro atoms. The lowest BCUT2D eigenvalue weighted by molar-refractivity contribution is -0.112. The molecule has 1 aromatic carbocycles. The lowest BCUT2D eigenvalue weighted by Crippen LogP contribution is -2.22. The molecule has 1 heterocycles. The fourth-order valence-electron chi connectivity index (χ4n) is 2.45. The van der Waals surface area contributed by atoms with E-state index in [-0.39, 0.29) is 17.4 Å². The summed E-state index contributed by atoms with van der Waals surface area (Å²) in [7, 11) is 0. The van der Waals surface area contributed by atoms with Crippen LogP contribution in [0.25, 0.3) is 5.76 Å². The van der Waals surface area contributed by atoms with Gasteiger partial charge in [0.2, 0.25) is 11.6 Å². The predicted molar refractivity (Wildman–Crippen MR) is 68.7 cm³/mol. The summed E-state index contributed by atoms with van der Waals surface area (Å²) in [5.41, 5.74) is 1.71. The number of carbonyl (C=O) groups excluding carboxylic acids is 2. The van der Waals surface area contributed by atoms with Crippen molar-refractivity contribution in [1.29, 1.82) is 0 Å². The van der Waals surface area contributed by atoms with Gasteiger partial charge in [-0.15, -0.1) is 0 Å². The molecule has 0 aromatic heterocycles. The van der Waals surface area contributed by atoms with Crippen LogP contribution in [0.5, 0.6) is 5.75 Å². The van der Waals surface area contributed by atoms with Gasteiger partial charge in [0.05, 0.1) is 11.1 Å². The summed E-state index contributed by atoms with van der Waals surface area (Å²) in [6, 6.07) is 4.69. The minimum atomic E-state index is -0.669. The van der Waals surface area contributed by atoms with Crippen LogP contribution < -0.4 is 0 Å². The van der Waals surface area contributed by atoms with Crippen LogP contribution in [0.1, 0.15) is 29.3 Å². The molecule has 4 nitrogen and oxygen atoms in total. The topological polar surface area (TPSA) is 63.6 Å². The first kappa shape index (κ1) is 11.7. The minimum Gasteiger partial charge on any atom is -0.507 e. The molecule has 1 aromatic rings. The van der Waals surface area contributed by atoms with Gasteiger partial charge in [-0.2, -0.15) is 0 Å². The molecule has 1 aliphatic carbocycles. The Bertz CT molecular complexity index is 667. The average Bonchev–Trinajstić information content (AvgIpc) is 2.81. The zero-order valence-electron chi connectivity index (χ0n) is 10.4. The molecule has 0 unspecified atom stereocenters. The highest BCUT2D eigenvalue weighted by Crippen LogP contribution is 2.42. The number of phenols is 1. The summed E-state index contributed by atoms with van der Waals surface area (Å²) in [5.74, 6) is -1.04. The van der Waals surface area contributed by atoms with E-state index in [2.05, 4.69) is 6.58 Å². The fraction of sp³-hybridized carbons (Fsp3) is 0.200. The summed E-state index contributed by atoms with van der Waals surface area (Å²) < 4.78 is 5.72. The van der Waals surface area contributed by atoms with Gasteiger partial charge in [0.15, 0.2) is 0 Å². The van der Waals surface area contributed by atoms with Gasteiger partial charge in [0, 0.05) is 12.0 Å². The Labute approximate surface area is 110 Å². The number of rotatable bonds is 1. The Morgan fingerprint density at radius 3 is 2.79 bits per heavy atom. The molecule has 1 atom stereocenters. The van der Waals surface area contributed by atoms with Crippen LogP contribution in [-0.4, -0.2) is 22.8 Å². The van der Waals surface area contributed by atoms with Crippen molar-refractivity contribution in [2.75, 3.05) is 0 Å². The molecule has 0 saturated carbocycles. The molecule has 1 N–H and O–H groups in total. The fourth-order valence-corrected chi connectivity index (χ4v) is 2.45. The number of carbonyl (C=O) groups is 2. The van der Waals surface area contributed by atoms with Crippen molar-refractivity contribution in [2.45, 2.75) is 19.4 Å². The van der Waals surface area contributed by atoms with Crippen LogP contribution in [0.15, 0.2) is 35.9 Å². The Morgan fingerprint density at radius 1 is 1.37 bits per heavy atom. The molecule has 2 aliphatic rings. The number of hydrogen-bond donors (Lipinski definition) is 1. The monoisotopic (exact) mass is 256 g/mol. The Hall–Kier alpha value is -2.36. The van der Waals surface area contributed by atoms with E-state index in [0.29, 0.717) is 23.3 Å². The summed E-state index contributed by atoms with van der Waals surface area (Å²) in [6.07, 6.45) is 0.0831.